The lowest BCUT2D eigenvalue weighted by molar-refractivity contribution is -0.114. The number of allylic oxidation sites excluding steroid dienone is 2. The molecule has 0 aliphatic heterocycles. The predicted molar refractivity (Wildman–Crippen MR) is 107 cm³/mol. The molecule has 1 fully saturated rings. The Kier molecular flexibility index (Phi) is 9.07. The molecule has 0 spiro atoms. The van der Waals surface area contributed by atoms with Gasteiger partial charge in [0.1, 0.15) is 6.29 Å². The van der Waals surface area contributed by atoms with Gasteiger partial charge >= 0.3 is 0 Å². The fourth-order valence-corrected chi connectivity index (χ4v) is 4.07. The number of unbranched alkanes of at least 4 members (excludes halogenated alkanes) is 1. The van der Waals surface area contributed by atoms with E-state index in [-0.39, 0.29) is 17.3 Å². The van der Waals surface area contributed by atoms with E-state index in [2.05, 4.69) is 38.7 Å². The average molecular weight is 363 g/mol. The van der Waals surface area contributed by atoms with Gasteiger partial charge in [-0.05, 0) is 55.8 Å². The molecule has 3 unspecified atom stereocenters. The van der Waals surface area contributed by atoms with Crippen LogP contribution in [0.5, 0.6) is 0 Å². The first-order valence-electron chi connectivity index (χ1n) is 10.2. The van der Waals surface area contributed by atoms with Gasteiger partial charge in [0.2, 0.25) is 5.79 Å². The monoisotopic (exact) mass is 362 g/mol. The smallest absolute Gasteiger partial charge is 0.225 e. The number of carbonyl (C=O) groups is 1. The van der Waals surface area contributed by atoms with Crippen LogP contribution in [0.4, 0.5) is 0 Å². The Morgan fingerprint density at radius 2 is 2.04 bits per heavy atom. The zero-order chi connectivity index (χ0) is 19.8. The number of hydrogen-bond acceptors (Lipinski definition) is 3. The lowest BCUT2D eigenvalue weighted by atomic mass is 9.60. The van der Waals surface area contributed by atoms with Crippen LogP contribution in [0.2, 0.25) is 0 Å². The number of hydrogen-bond donors (Lipinski definition) is 2. The van der Waals surface area contributed by atoms with Crippen LogP contribution in [0.3, 0.4) is 0 Å². The second kappa shape index (κ2) is 10.3. The SMILES string of the molecule is CC1(C)C2=CCCCC2CCC1C=O.CCCCC(C)C#CC(C)(O)O. The van der Waals surface area contributed by atoms with Crippen LogP contribution in [0.15, 0.2) is 11.6 Å². The van der Waals surface area contributed by atoms with Gasteiger partial charge in [0.25, 0.3) is 0 Å². The molecule has 3 nitrogen and oxygen atoms in total. The van der Waals surface area contributed by atoms with Gasteiger partial charge < -0.3 is 15.0 Å². The van der Waals surface area contributed by atoms with Crippen LogP contribution in [0, 0.1) is 35.0 Å². The molecule has 2 aliphatic carbocycles. The first-order valence-corrected chi connectivity index (χ1v) is 10.2. The summed E-state index contributed by atoms with van der Waals surface area (Å²) in [6.07, 6.45) is 13.1. The van der Waals surface area contributed by atoms with Crippen molar-refractivity contribution in [3.63, 3.8) is 0 Å². The summed E-state index contributed by atoms with van der Waals surface area (Å²) in [4.78, 5) is 11.0. The van der Waals surface area contributed by atoms with Crippen LogP contribution >= 0.6 is 0 Å². The van der Waals surface area contributed by atoms with Crippen LogP contribution in [-0.2, 0) is 4.79 Å². The molecule has 3 heteroatoms. The molecule has 148 valence electrons. The van der Waals surface area contributed by atoms with E-state index in [9.17, 15) is 4.79 Å². The Morgan fingerprint density at radius 1 is 1.35 bits per heavy atom. The molecule has 0 amide bonds. The van der Waals surface area contributed by atoms with Crippen molar-refractivity contribution in [3.05, 3.63) is 11.6 Å². The van der Waals surface area contributed by atoms with Crippen LogP contribution in [0.1, 0.15) is 86.0 Å². The number of aldehydes is 1. The van der Waals surface area contributed by atoms with Gasteiger partial charge in [-0.2, -0.15) is 0 Å². The second-order valence-electron chi connectivity index (χ2n) is 8.66. The van der Waals surface area contributed by atoms with E-state index in [1.165, 1.54) is 38.9 Å². The molecule has 2 aliphatic rings. The maximum absolute atomic E-state index is 11.0. The molecule has 0 saturated heterocycles. The van der Waals surface area contributed by atoms with Gasteiger partial charge in [0.15, 0.2) is 0 Å². The molecular weight excluding hydrogens is 324 g/mol. The summed E-state index contributed by atoms with van der Waals surface area (Å²) in [5.41, 5.74) is 1.71. The second-order valence-corrected chi connectivity index (χ2v) is 8.66. The third kappa shape index (κ3) is 7.25. The van der Waals surface area contributed by atoms with Crippen molar-refractivity contribution >= 4 is 6.29 Å². The van der Waals surface area contributed by atoms with Gasteiger partial charge in [0, 0.05) is 18.8 Å². The quantitative estimate of drug-likeness (QED) is 0.325. The van der Waals surface area contributed by atoms with E-state index in [1.807, 2.05) is 6.92 Å². The van der Waals surface area contributed by atoms with E-state index in [1.54, 1.807) is 5.57 Å². The summed E-state index contributed by atoms with van der Waals surface area (Å²) in [5, 5.41) is 17.7. The van der Waals surface area contributed by atoms with E-state index in [4.69, 9.17) is 10.2 Å². The van der Waals surface area contributed by atoms with Crippen molar-refractivity contribution in [2.24, 2.45) is 23.2 Å². The molecule has 0 aromatic heterocycles. The maximum atomic E-state index is 11.0. The number of fused-ring (bicyclic) bond motifs is 1. The van der Waals surface area contributed by atoms with Crippen molar-refractivity contribution in [3.8, 4) is 11.8 Å². The lowest BCUT2D eigenvalue weighted by Crippen LogP contribution is -2.36. The molecular formula is C23H38O3. The Hall–Kier alpha value is -1.11. The van der Waals surface area contributed by atoms with E-state index in [0.29, 0.717) is 0 Å². The number of rotatable bonds is 4. The van der Waals surface area contributed by atoms with Crippen molar-refractivity contribution in [2.75, 3.05) is 0 Å². The summed E-state index contributed by atoms with van der Waals surface area (Å²) < 4.78 is 0. The van der Waals surface area contributed by atoms with Gasteiger partial charge in [-0.1, -0.05) is 58.1 Å². The summed E-state index contributed by atoms with van der Waals surface area (Å²) in [7, 11) is 0. The van der Waals surface area contributed by atoms with E-state index < -0.39 is 5.79 Å². The minimum Gasteiger partial charge on any atom is -0.356 e. The fourth-order valence-electron chi connectivity index (χ4n) is 4.07. The molecule has 3 atom stereocenters. The van der Waals surface area contributed by atoms with E-state index >= 15 is 0 Å². The molecule has 26 heavy (non-hydrogen) atoms. The molecule has 0 heterocycles. The highest BCUT2D eigenvalue weighted by molar-refractivity contribution is 5.57. The first-order chi connectivity index (χ1) is 12.1. The Balaban J connectivity index is 0.000000265. The third-order valence-corrected chi connectivity index (χ3v) is 5.77. The largest absolute Gasteiger partial charge is 0.356 e. The van der Waals surface area contributed by atoms with Gasteiger partial charge in [-0.3, -0.25) is 0 Å². The van der Waals surface area contributed by atoms with Crippen molar-refractivity contribution in [1.29, 1.82) is 0 Å². The van der Waals surface area contributed by atoms with Crippen molar-refractivity contribution < 1.29 is 15.0 Å². The average Bonchev–Trinajstić information content (AvgIpc) is 2.58. The van der Waals surface area contributed by atoms with Gasteiger partial charge in [-0.25, -0.2) is 0 Å². The zero-order valence-electron chi connectivity index (χ0n) is 17.3. The van der Waals surface area contributed by atoms with Crippen LogP contribution in [-0.4, -0.2) is 22.3 Å². The number of carbonyl (C=O) groups excluding carboxylic acids is 1. The fraction of sp³-hybridized carbons (Fsp3) is 0.783. The standard InChI is InChI=1S/C13H20O.C10H18O2/c1-13(2)11(9-14)8-7-10-5-3-4-6-12(10)13;1-4-5-6-9(2)7-8-10(3,11)12/h6,9-11H,3-5,7-8H2,1-2H3;9,11-12H,4-6H2,1-3H3. The van der Waals surface area contributed by atoms with Crippen molar-refractivity contribution in [1.82, 2.24) is 0 Å². The first kappa shape index (κ1) is 22.9. The third-order valence-electron chi connectivity index (χ3n) is 5.77. The highest BCUT2D eigenvalue weighted by atomic mass is 16.5. The zero-order valence-corrected chi connectivity index (χ0v) is 17.3. The lowest BCUT2D eigenvalue weighted by Gasteiger charge is -2.44. The summed E-state index contributed by atoms with van der Waals surface area (Å²) in [6.45, 7) is 9.88. The molecule has 0 aromatic carbocycles. The van der Waals surface area contributed by atoms with Gasteiger partial charge in [0.05, 0.1) is 0 Å². The normalized spacial score (nSPS) is 25.4. The molecule has 0 bridgehead atoms. The molecule has 2 N–H and O–H groups in total. The van der Waals surface area contributed by atoms with Crippen LogP contribution < -0.4 is 0 Å². The minimum absolute atomic E-state index is 0.130. The minimum atomic E-state index is -1.83. The number of aliphatic hydroxyl groups is 2. The molecule has 0 aromatic rings. The Bertz CT molecular complexity index is 528. The molecule has 0 radical (unpaired) electrons. The molecule has 2 rings (SSSR count). The van der Waals surface area contributed by atoms with Crippen molar-refractivity contribution in [2.45, 2.75) is 91.8 Å². The van der Waals surface area contributed by atoms with Crippen LogP contribution in [0.25, 0.3) is 0 Å². The highest BCUT2D eigenvalue weighted by Gasteiger charge is 2.41. The van der Waals surface area contributed by atoms with Gasteiger partial charge in [-0.15, -0.1) is 0 Å². The Morgan fingerprint density at radius 3 is 2.62 bits per heavy atom. The topological polar surface area (TPSA) is 57.5 Å². The Labute approximate surface area is 160 Å². The predicted octanol–water partition coefficient (Wildman–Crippen LogP) is 4.86. The maximum Gasteiger partial charge on any atom is 0.225 e. The molecule has 1 saturated carbocycles. The highest BCUT2D eigenvalue weighted by Crippen LogP contribution is 2.49. The van der Waals surface area contributed by atoms with E-state index in [0.717, 1.165) is 31.6 Å². The summed E-state index contributed by atoms with van der Waals surface area (Å²) in [6, 6.07) is 0. The summed E-state index contributed by atoms with van der Waals surface area (Å²) >= 11 is 0. The summed E-state index contributed by atoms with van der Waals surface area (Å²) in [5.74, 6) is 4.66.